The van der Waals surface area contributed by atoms with Gasteiger partial charge in [0.15, 0.2) is 0 Å². The number of amides is 1. The summed E-state index contributed by atoms with van der Waals surface area (Å²) in [5.41, 5.74) is 4.40. The molecular weight excluding hydrogens is 402 g/mol. The minimum atomic E-state index is 0.0772. The Morgan fingerprint density at radius 3 is 2.66 bits per heavy atom. The van der Waals surface area contributed by atoms with E-state index in [0.29, 0.717) is 11.8 Å². The van der Waals surface area contributed by atoms with Gasteiger partial charge >= 0.3 is 0 Å². The van der Waals surface area contributed by atoms with Crippen molar-refractivity contribution in [3.8, 4) is 22.6 Å². The second kappa shape index (κ2) is 9.51. The van der Waals surface area contributed by atoms with E-state index in [-0.39, 0.29) is 5.91 Å². The van der Waals surface area contributed by atoms with Crippen molar-refractivity contribution in [3.63, 3.8) is 0 Å². The highest BCUT2D eigenvalue weighted by molar-refractivity contribution is 6.01. The maximum Gasteiger partial charge on any atom is 0.247 e. The molecule has 3 aromatic rings. The van der Waals surface area contributed by atoms with Crippen LogP contribution in [0.2, 0.25) is 0 Å². The number of benzene rings is 2. The van der Waals surface area contributed by atoms with Gasteiger partial charge in [0.1, 0.15) is 17.1 Å². The van der Waals surface area contributed by atoms with Gasteiger partial charge < -0.3 is 18.8 Å². The second-order valence-electron chi connectivity index (χ2n) is 8.32. The van der Waals surface area contributed by atoms with E-state index in [1.54, 1.807) is 26.6 Å². The molecule has 0 N–H and O–H groups in total. The normalized spacial score (nSPS) is 16.9. The Hall–Kier alpha value is -3.21. The fourth-order valence-corrected chi connectivity index (χ4v) is 4.67. The molecule has 32 heavy (non-hydrogen) atoms. The molecule has 1 fully saturated rings. The molecular formula is C27H31NO4. The van der Waals surface area contributed by atoms with Crippen LogP contribution in [0.15, 0.2) is 53.2 Å². The number of fused-ring (bicyclic) bond motifs is 1. The van der Waals surface area contributed by atoms with Crippen molar-refractivity contribution >= 4 is 22.4 Å². The fraction of sp³-hybridized carbons (Fsp3) is 0.370. The van der Waals surface area contributed by atoms with Crippen LogP contribution in [0.1, 0.15) is 45.1 Å². The van der Waals surface area contributed by atoms with Crippen LogP contribution < -0.4 is 9.47 Å². The number of nitrogens with zero attached hydrogens (tertiary/aromatic N) is 1. The van der Waals surface area contributed by atoms with Crippen LogP contribution in [0.4, 0.5) is 0 Å². The molecule has 0 spiro atoms. The number of allylic oxidation sites excluding steroid dienone is 1. The number of carbonyl (C=O) groups is 1. The Morgan fingerprint density at radius 2 is 1.91 bits per heavy atom. The zero-order valence-corrected chi connectivity index (χ0v) is 19.3. The predicted molar refractivity (Wildman–Crippen MR) is 128 cm³/mol. The summed E-state index contributed by atoms with van der Waals surface area (Å²) >= 11 is 0. The summed E-state index contributed by atoms with van der Waals surface area (Å²) in [7, 11) is 3.31. The number of rotatable bonds is 6. The number of methoxy groups -OCH3 is 2. The lowest BCUT2D eigenvalue weighted by molar-refractivity contribution is -0.129. The number of piperidine rings is 1. The first kappa shape index (κ1) is 22.0. The van der Waals surface area contributed by atoms with Crippen LogP contribution in [0, 0.1) is 0 Å². The fourth-order valence-electron chi connectivity index (χ4n) is 4.67. The van der Waals surface area contributed by atoms with E-state index in [0.717, 1.165) is 64.8 Å². The Kier molecular flexibility index (Phi) is 6.54. The van der Waals surface area contributed by atoms with Crippen molar-refractivity contribution in [1.29, 1.82) is 0 Å². The standard InChI is InChI=1S/C27H31NO4/c1-5-19-10-8-9-13-28(19)27(29)14-18(2)21-15-22-23(17-32-26(22)16-25(21)31-4)20-11-6-7-12-24(20)30-3/h6-7,11-12,14-17,19H,5,8-10,13H2,1-4H3/b18-14+. The first-order valence-corrected chi connectivity index (χ1v) is 11.3. The van der Waals surface area contributed by atoms with E-state index in [9.17, 15) is 4.79 Å². The van der Waals surface area contributed by atoms with Crippen LogP contribution in [0.25, 0.3) is 27.7 Å². The average Bonchev–Trinajstić information content (AvgIpc) is 3.25. The summed E-state index contributed by atoms with van der Waals surface area (Å²) in [6.07, 6.45) is 7.84. The lowest BCUT2D eigenvalue weighted by atomic mass is 9.97. The summed E-state index contributed by atoms with van der Waals surface area (Å²) < 4.78 is 17.1. The second-order valence-corrected chi connectivity index (χ2v) is 8.32. The average molecular weight is 434 g/mol. The quantitative estimate of drug-likeness (QED) is 0.427. The van der Waals surface area contributed by atoms with Crippen LogP contribution in [0.3, 0.4) is 0 Å². The van der Waals surface area contributed by atoms with Gasteiger partial charge in [-0.25, -0.2) is 0 Å². The molecule has 0 radical (unpaired) electrons. The van der Waals surface area contributed by atoms with Gasteiger partial charge in [-0.2, -0.15) is 0 Å². The SMILES string of the molecule is CCC1CCCCN1C(=O)/C=C(\C)c1cc2c(-c3ccccc3OC)coc2cc1OC. The summed E-state index contributed by atoms with van der Waals surface area (Å²) in [5.74, 6) is 1.55. The van der Waals surface area contributed by atoms with Gasteiger partial charge in [0.05, 0.1) is 20.5 Å². The van der Waals surface area contributed by atoms with Gasteiger partial charge in [0, 0.05) is 46.8 Å². The van der Waals surface area contributed by atoms with Crippen molar-refractivity contribution in [2.24, 2.45) is 0 Å². The van der Waals surface area contributed by atoms with Crippen LogP contribution in [-0.4, -0.2) is 37.6 Å². The van der Waals surface area contributed by atoms with E-state index in [2.05, 4.69) is 6.92 Å². The third-order valence-electron chi connectivity index (χ3n) is 6.44. The molecule has 1 amide bonds. The number of para-hydroxylation sites is 1. The minimum absolute atomic E-state index is 0.0772. The van der Waals surface area contributed by atoms with E-state index in [1.165, 1.54) is 6.42 Å². The molecule has 0 bridgehead atoms. The zero-order chi connectivity index (χ0) is 22.7. The molecule has 1 aliphatic heterocycles. The first-order chi connectivity index (χ1) is 15.6. The lowest BCUT2D eigenvalue weighted by Gasteiger charge is -2.34. The van der Waals surface area contributed by atoms with Crippen molar-refractivity contribution in [3.05, 3.63) is 54.3 Å². The number of likely N-dealkylation sites (tertiary alicyclic amines) is 1. The summed E-state index contributed by atoms with van der Waals surface area (Å²) in [4.78, 5) is 15.1. The third kappa shape index (κ3) is 4.12. The highest BCUT2D eigenvalue weighted by atomic mass is 16.5. The highest BCUT2D eigenvalue weighted by Crippen LogP contribution is 2.40. The summed E-state index contributed by atoms with van der Waals surface area (Å²) in [5, 5.41) is 0.954. The summed E-state index contributed by atoms with van der Waals surface area (Å²) in [6, 6.07) is 12.1. The molecule has 5 nitrogen and oxygen atoms in total. The Bertz CT molecular complexity index is 1140. The Balaban J connectivity index is 1.76. The number of furan rings is 1. The Morgan fingerprint density at radius 1 is 1.12 bits per heavy atom. The van der Waals surface area contributed by atoms with Gasteiger partial charge in [-0.15, -0.1) is 0 Å². The van der Waals surface area contributed by atoms with Crippen LogP contribution >= 0.6 is 0 Å². The smallest absolute Gasteiger partial charge is 0.247 e. The van der Waals surface area contributed by atoms with E-state index in [4.69, 9.17) is 13.9 Å². The first-order valence-electron chi connectivity index (χ1n) is 11.3. The molecule has 1 saturated heterocycles. The molecule has 0 saturated carbocycles. The van der Waals surface area contributed by atoms with Crippen molar-refractivity contribution < 1.29 is 18.7 Å². The molecule has 2 aromatic carbocycles. The minimum Gasteiger partial charge on any atom is -0.496 e. The van der Waals surface area contributed by atoms with Gasteiger partial charge in [0.25, 0.3) is 0 Å². The molecule has 1 aromatic heterocycles. The predicted octanol–water partition coefficient (Wildman–Crippen LogP) is 6.31. The Labute approximate surface area is 189 Å². The molecule has 4 rings (SSSR count). The van der Waals surface area contributed by atoms with Crippen LogP contribution in [-0.2, 0) is 4.79 Å². The van der Waals surface area contributed by atoms with Crippen LogP contribution in [0.5, 0.6) is 11.5 Å². The topological polar surface area (TPSA) is 51.9 Å². The zero-order valence-electron chi connectivity index (χ0n) is 19.3. The largest absolute Gasteiger partial charge is 0.496 e. The number of hydrogen-bond donors (Lipinski definition) is 0. The number of hydrogen-bond acceptors (Lipinski definition) is 4. The van der Waals surface area contributed by atoms with E-state index < -0.39 is 0 Å². The molecule has 1 unspecified atom stereocenters. The van der Waals surface area contributed by atoms with Gasteiger partial charge in [-0.3, -0.25) is 4.79 Å². The molecule has 0 aliphatic carbocycles. The molecule has 2 heterocycles. The molecule has 1 aliphatic rings. The lowest BCUT2D eigenvalue weighted by Crippen LogP contribution is -2.42. The summed E-state index contributed by atoms with van der Waals surface area (Å²) in [6.45, 7) is 4.95. The third-order valence-corrected chi connectivity index (χ3v) is 6.44. The van der Waals surface area contributed by atoms with Gasteiger partial charge in [-0.1, -0.05) is 25.1 Å². The number of carbonyl (C=O) groups excluding carboxylic acids is 1. The van der Waals surface area contributed by atoms with E-state index in [1.807, 2.05) is 48.2 Å². The van der Waals surface area contributed by atoms with Crippen molar-refractivity contribution in [1.82, 2.24) is 4.90 Å². The molecule has 1 atom stereocenters. The van der Waals surface area contributed by atoms with Crippen molar-refractivity contribution in [2.45, 2.75) is 45.6 Å². The molecule has 168 valence electrons. The maximum atomic E-state index is 13.1. The maximum absolute atomic E-state index is 13.1. The van der Waals surface area contributed by atoms with E-state index >= 15 is 0 Å². The number of ether oxygens (including phenoxy) is 2. The van der Waals surface area contributed by atoms with Crippen molar-refractivity contribution in [2.75, 3.05) is 20.8 Å². The monoisotopic (exact) mass is 433 g/mol. The molecule has 5 heteroatoms. The highest BCUT2D eigenvalue weighted by Gasteiger charge is 2.24. The van der Waals surface area contributed by atoms with Gasteiger partial charge in [0.2, 0.25) is 5.91 Å². The van der Waals surface area contributed by atoms with Gasteiger partial charge in [-0.05, 0) is 50.3 Å².